The Morgan fingerprint density at radius 3 is 2.20 bits per heavy atom. The van der Waals surface area contributed by atoms with Crippen LogP contribution in [0.15, 0.2) is 89.8 Å². The summed E-state index contributed by atoms with van der Waals surface area (Å²) >= 11 is 1.53. The van der Waals surface area contributed by atoms with Crippen LogP contribution in [0, 0.1) is 0 Å². The summed E-state index contributed by atoms with van der Waals surface area (Å²) in [6.45, 7) is 1.90. The lowest BCUT2D eigenvalue weighted by Crippen LogP contribution is -2.22. The van der Waals surface area contributed by atoms with Crippen LogP contribution in [0.2, 0.25) is 0 Å². The monoisotopic (exact) mass is 349 g/mol. The van der Waals surface area contributed by atoms with Crippen molar-refractivity contribution in [3.8, 4) is 11.5 Å². The number of rotatable bonds is 6. The highest BCUT2D eigenvalue weighted by Crippen LogP contribution is 2.30. The molecule has 0 bridgehead atoms. The predicted molar refractivity (Wildman–Crippen MR) is 103 cm³/mol. The first-order valence-electron chi connectivity index (χ1n) is 8.07. The number of nitrogens with one attached hydrogen (secondary N) is 1. The highest BCUT2D eigenvalue weighted by Gasteiger charge is 2.16. The molecule has 0 saturated heterocycles. The molecule has 0 aromatic heterocycles. The molecule has 1 amide bonds. The first-order valence-corrected chi connectivity index (χ1v) is 8.95. The topological polar surface area (TPSA) is 38.3 Å². The number of benzene rings is 3. The molecule has 1 N–H and O–H groups in total. The summed E-state index contributed by atoms with van der Waals surface area (Å²) in [7, 11) is 0. The van der Waals surface area contributed by atoms with Gasteiger partial charge >= 0.3 is 0 Å². The molecule has 1 atom stereocenters. The number of anilines is 1. The van der Waals surface area contributed by atoms with Crippen LogP contribution in [0.25, 0.3) is 0 Å². The summed E-state index contributed by atoms with van der Waals surface area (Å²) in [6, 6.07) is 26.9. The average Bonchev–Trinajstić information content (AvgIpc) is 2.65. The third-order valence-corrected chi connectivity index (χ3v) is 4.65. The van der Waals surface area contributed by atoms with Crippen LogP contribution in [0.5, 0.6) is 11.5 Å². The molecule has 3 nitrogen and oxygen atoms in total. The van der Waals surface area contributed by atoms with Gasteiger partial charge in [-0.05, 0) is 43.3 Å². The fraction of sp³-hybridized carbons (Fsp3) is 0.0952. The van der Waals surface area contributed by atoms with Crippen molar-refractivity contribution in [1.82, 2.24) is 0 Å². The summed E-state index contributed by atoms with van der Waals surface area (Å²) in [5.74, 6) is 1.30. The van der Waals surface area contributed by atoms with E-state index in [4.69, 9.17) is 4.74 Å². The fourth-order valence-electron chi connectivity index (χ4n) is 2.27. The Hall–Kier alpha value is -2.72. The standard InChI is InChI=1S/C21H19NO2S/c1-16(25-18-12-6-3-7-13-18)21(23)22-19-14-8-9-15-20(19)24-17-10-4-2-5-11-17/h2-16H,1H3,(H,22,23)/t16-/m0/s1. The number of carbonyl (C=O) groups excluding carboxylic acids is 1. The number of hydrogen-bond donors (Lipinski definition) is 1. The Labute approximate surface area is 152 Å². The van der Waals surface area contributed by atoms with Crippen LogP contribution < -0.4 is 10.1 Å². The second-order valence-corrected chi connectivity index (χ2v) is 6.89. The summed E-state index contributed by atoms with van der Waals surface area (Å²) < 4.78 is 5.89. The molecule has 126 valence electrons. The molecule has 3 aromatic rings. The van der Waals surface area contributed by atoms with Crippen LogP contribution in [-0.4, -0.2) is 11.2 Å². The van der Waals surface area contributed by atoms with E-state index in [0.29, 0.717) is 11.4 Å². The van der Waals surface area contributed by atoms with Gasteiger partial charge in [0.25, 0.3) is 0 Å². The number of para-hydroxylation sites is 3. The van der Waals surface area contributed by atoms with E-state index in [1.54, 1.807) is 0 Å². The van der Waals surface area contributed by atoms with E-state index in [9.17, 15) is 4.79 Å². The highest BCUT2D eigenvalue weighted by atomic mass is 32.2. The van der Waals surface area contributed by atoms with E-state index < -0.39 is 0 Å². The maximum Gasteiger partial charge on any atom is 0.237 e. The lowest BCUT2D eigenvalue weighted by molar-refractivity contribution is -0.115. The number of amides is 1. The van der Waals surface area contributed by atoms with Crippen molar-refractivity contribution in [3.63, 3.8) is 0 Å². The molecule has 4 heteroatoms. The lowest BCUT2D eigenvalue weighted by atomic mass is 10.2. The van der Waals surface area contributed by atoms with Gasteiger partial charge in [0.05, 0.1) is 10.9 Å². The summed E-state index contributed by atoms with van der Waals surface area (Å²) in [5.41, 5.74) is 0.664. The second-order valence-electron chi connectivity index (χ2n) is 5.47. The molecule has 0 unspecified atom stereocenters. The smallest absolute Gasteiger partial charge is 0.237 e. The molecule has 0 fully saturated rings. The van der Waals surface area contributed by atoms with Gasteiger partial charge in [0.15, 0.2) is 5.75 Å². The van der Waals surface area contributed by atoms with E-state index >= 15 is 0 Å². The largest absolute Gasteiger partial charge is 0.455 e. The molecule has 3 rings (SSSR count). The first kappa shape index (κ1) is 17.1. The van der Waals surface area contributed by atoms with E-state index in [1.807, 2.05) is 91.9 Å². The van der Waals surface area contributed by atoms with Crippen molar-refractivity contribution in [3.05, 3.63) is 84.9 Å². The summed E-state index contributed by atoms with van der Waals surface area (Å²) in [5, 5.41) is 2.75. The van der Waals surface area contributed by atoms with Crippen LogP contribution >= 0.6 is 11.8 Å². The van der Waals surface area contributed by atoms with Crippen molar-refractivity contribution in [2.24, 2.45) is 0 Å². The molecule has 0 aliphatic rings. The Balaban J connectivity index is 1.69. The molecule has 0 aliphatic carbocycles. The van der Waals surface area contributed by atoms with E-state index in [2.05, 4.69) is 5.32 Å². The van der Waals surface area contributed by atoms with Crippen molar-refractivity contribution in [2.75, 3.05) is 5.32 Å². The minimum atomic E-state index is -0.216. The molecular formula is C21H19NO2S. The van der Waals surface area contributed by atoms with Crippen molar-refractivity contribution < 1.29 is 9.53 Å². The molecule has 0 aliphatic heterocycles. The third-order valence-electron chi connectivity index (χ3n) is 3.54. The zero-order chi connectivity index (χ0) is 17.5. The maximum absolute atomic E-state index is 12.5. The third kappa shape index (κ3) is 4.88. The molecule has 0 spiro atoms. The zero-order valence-electron chi connectivity index (χ0n) is 13.9. The van der Waals surface area contributed by atoms with Gasteiger partial charge in [0, 0.05) is 4.90 Å². The average molecular weight is 349 g/mol. The Kier molecular flexibility index (Phi) is 5.75. The molecular weight excluding hydrogens is 330 g/mol. The van der Waals surface area contributed by atoms with Crippen molar-refractivity contribution in [1.29, 1.82) is 0 Å². The maximum atomic E-state index is 12.5. The lowest BCUT2D eigenvalue weighted by Gasteiger charge is -2.15. The van der Waals surface area contributed by atoms with Gasteiger partial charge in [-0.25, -0.2) is 0 Å². The quantitative estimate of drug-likeness (QED) is 0.589. The van der Waals surface area contributed by atoms with Gasteiger partial charge < -0.3 is 10.1 Å². The number of hydrogen-bond acceptors (Lipinski definition) is 3. The molecule has 0 saturated carbocycles. The van der Waals surface area contributed by atoms with Gasteiger partial charge in [-0.1, -0.05) is 48.5 Å². The summed E-state index contributed by atoms with van der Waals surface area (Å²) in [6.07, 6.45) is 0. The minimum absolute atomic E-state index is 0.0574. The SMILES string of the molecule is C[C@H](Sc1ccccc1)C(=O)Nc1ccccc1Oc1ccccc1. The van der Waals surface area contributed by atoms with Gasteiger partial charge in [-0.3, -0.25) is 4.79 Å². The molecule has 25 heavy (non-hydrogen) atoms. The Morgan fingerprint density at radius 1 is 0.880 bits per heavy atom. The van der Waals surface area contributed by atoms with Crippen LogP contribution in [-0.2, 0) is 4.79 Å². The number of ether oxygens (including phenoxy) is 1. The summed E-state index contributed by atoms with van der Waals surface area (Å²) in [4.78, 5) is 13.6. The van der Waals surface area contributed by atoms with Gasteiger partial charge in [-0.15, -0.1) is 11.8 Å². The van der Waals surface area contributed by atoms with Crippen LogP contribution in [0.1, 0.15) is 6.92 Å². The Bertz CT molecular complexity index is 822. The van der Waals surface area contributed by atoms with Crippen molar-refractivity contribution in [2.45, 2.75) is 17.1 Å². The van der Waals surface area contributed by atoms with Gasteiger partial charge in [-0.2, -0.15) is 0 Å². The molecule has 3 aromatic carbocycles. The minimum Gasteiger partial charge on any atom is -0.455 e. The number of thioether (sulfide) groups is 1. The Morgan fingerprint density at radius 2 is 1.48 bits per heavy atom. The highest BCUT2D eigenvalue weighted by molar-refractivity contribution is 8.00. The van der Waals surface area contributed by atoms with Crippen molar-refractivity contribution >= 4 is 23.4 Å². The molecule has 0 radical (unpaired) electrons. The zero-order valence-corrected chi connectivity index (χ0v) is 14.7. The second kappa shape index (κ2) is 8.40. The normalized spacial score (nSPS) is 11.6. The number of carbonyl (C=O) groups is 1. The predicted octanol–water partition coefficient (Wildman–Crippen LogP) is 5.60. The van der Waals surface area contributed by atoms with Gasteiger partial charge in [0.2, 0.25) is 5.91 Å². The van der Waals surface area contributed by atoms with E-state index in [-0.39, 0.29) is 11.2 Å². The first-order chi connectivity index (χ1) is 12.2. The van der Waals surface area contributed by atoms with Crippen LogP contribution in [0.4, 0.5) is 5.69 Å². The van der Waals surface area contributed by atoms with Gasteiger partial charge in [0.1, 0.15) is 5.75 Å². The fourth-order valence-corrected chi connectivity index (χ4v) is 3.15. The van der Waals surface area contributed by atoms with Crippen LogP contribution in [0.3, 0.4) is 0 Å². The van der Waals surface area contributed by atoms with E-state index in [1.165, 1.54) is 11.8 Å². The van der Waals surface area contributed by atoms with E-state index in [0.717, 1.165) is 10.6 Å². The molecule has 0 heterocycles.